The fourth-order valence-electron chi connectivity index (χ4n) is 2.72. The van der Waals surface area contributed by atoms with E-state index < -0.39 is 0 Å². The molecule has 1 saturated carbocycles. The molecule has 1 heterocycles. The minimum absolute atomic E-state index is 0.175. The summed E-state index contributed by atoms with van der Waals surface area (Å²) in [4.78, 5) is 17.1. The fraction of sp³-hybridized carbons (Fsp3) is 0.533. The molecule has 1 aromatic rings. The first-order chi connectivity index (χ1) is 9.15. The van der Waals surface area contributed by atoms with Crippen LogP contribution in [0.1, 0.15) is 28.8 Å². The van der Waals surface area contributed by atoms with E-state index >= 15 is 0 Å². The fourth-order valence-corrected chi connectivity index (χ4v) is 3.09. The van der Waals surface area contributed by atoms with Gasteiger partial charge in [-0.2, -0.15) is 0 Å². The first-order valence-corrected chi connectivity index (χ1v) is 7.74. The van der Waals surface area contributed by atoms with E-state index in [2.05, 4.69) is 20.8 Å². The number of benzene rings is 1. The molecule has 19 heavy (non-hydrogen) atoms. The lowest BCUT2D eigenvalue weighted by molar-refractivity contribution is 0.0626. The van der Waals surface area contributed by atoms with Crippen LogP contribution in [0.3, 0.4) is 0 Å². The van der Waals surface area contributed by atoms with E-state index in [1.807, 2.05) is 30.0 Å². The lowest BCUT2D eigenvalue weighted by atomic mass is 10.1. The summed E-state index contributed by atoms with van der Waals surface area (Å²) in [5.74, 6) is 0.175. The van der Waals surface area contributed by atoms with Crippen molar-refractivity contribution in [3.8, 4) is 0 Å². The Morgan fingerprint density at radius 1 is 1.21 bits per heavy atom. The van der Waals surface area contributed by atoms with Gasteiger partial charge < -0.3 is 4.90 Å². The Balaban J connectivity index is 1.68. The van der Waals surface area contributed by atoms with Crippen molar-refractivity contribution in [1.29, 1.82) is 0 Å². The van der Waals surface area contributed by atoms with E-state index in [9.17, 15) is 4.79 Å². The Kier molecular flexibility index (Phi) is 3.63. The van der Waals surface area contributed by atoms with Crippen LogP contribution >= 0.6 is 15.9 Å². The standard InChI is InChI=1S/C15H19BrN2O/c1-11-2-3-12(16)10-14(11)15(19)18-8-6-17(7-9-18)13-4-5-13/h2-3,10,13H,4-9H2,1H3. The minimum atomic E-state index is 0.175. The number of hydrogen-bond donors (Lipinski definition) is 0. The highest BCUT2D eigenvalue weighted by Gasteiger charge is 2.32. The lowest BCUT2D eigenvalue weighted by Crippen LogP contribution is -2.49. The molecule has 0 atom stereocenters. The molecular weight excluding hydrogens is 304 g/mol. The average molecular weight is 323 g/mol. The second-order valence-electron chi connectivity index (χ2n) is 5.52. The maximum atomic E-state index is 12.6. The van der Waals surface area contributed by atoms with Crippen LogP contribution < -0.4 is 0 Å². The summed E-state index contributed by atoms with van der Waals surface area (Å²) in [6.45, 7) is 5.79. The molecule has 2 aliphatic rings. The van der Waals surface area contributed by atoms with Gasteiger partial charge in [0.1, 0.15) is 0 Å². The maximum Gasteiger partial charge on any atom is 0.254 e. The van der Waals surface area contributed by atoms with Crippen molar-refractivity contribution in [2.24, 2.45) is 0 Å². The largest absolute Gasteiger partial charge is 0.336 e. The van der Waals surface area contributed by atoms with E-state index in [1.54, 1.807) is 0 Å². The van der Waals surface area contributed by atoms with E-state index in [-0.39, 0.29) is 5.91 Å². The van der Waals surface area contributed by atoms with Crippen LogP contribution in [0.2, 0.25) is 0 Å². The highest BCUT2D eigenvalue weighted by molar-refractivity contribution is 9.10. The second kappa shape index (κ2) is 5.25. The van der Waals surface area contributed by atoms with Gasteiger partial charge in [-0.3, -0.25) is 9.69 Å². The molecule has 1 amide bonds. The van der Waals surface area contributed by atoms with Gasteiger partial charge in [-0.05, 0) is 37.5 Å². The molecule has 102 valence electrons. The first-order valence-electron chi connectivity index (χ1n) is 6.94. The smallest absolute Gasteiger partial charge is 0.254 e. The summed E-state index contributed by atoms with van der Waals surface area (Å²) < 4.78 is 0.970. The third-order valence-electron chi connectivity index (χ3n) is 4.09. The van der Waals surface area contributed by atoms with Crippen molar-refractivity contribution in [2.45, 2.75) is 25.8 Å². The van der Waals surface area contributed by atoms with Gasteiger partial charge in [0.25, 0.3) is 5.91 Å². The number of piperazine rings is 1. The summed E-state index contributed by atoms with van der Waals surface area (Å²) in [7, 11) is 0. The number of carbonyl (C=O) groups excluding carboxylic acids is 1. The molecule has 1 aliphatic heterocycles. The number of hydrogen-bond acceptors (Lipinski definition) is 2. The predicted molar refractivity (Wildman–Crippen MR) is 79.4 cm³/mol. The molecule has 1 aliphatic carbocycles. The monoisotopic (exact) mass is 322 g/mol. The van der Waals surface area contributed by atoms with Crippen LogP contribution in [0, 0.1) is 6.92 Å². The van der Waals surface area contributed by atoms with E-state index in [0.717, 1.165) is 47.8 Å². The molecule has 1 saturated heterocycles. The first kappa shape index (κ1) is 13.1. The van der Waals surface area contributed by atoms with Crippen molar-refractivity contribution < 1.29 is 4.79 Å². The molecular formula is C15H19BrN2O. The number of rotatable bonds is 2. The van der Waals surface area contributed by atoms with Crippen LogP contribution in [0.15, 0.2) is 22.7 Å². The van der Waals surface area contributed by atoms with Gasteiger partial charge in [-0.1, -0.05) is 22.0 Å². The number of carbonyl (C=O) groups is 1. The van der Waals surface area contributed by atoms with Gasteiger partial charge in [-0.15, -0.1) is 0 Å². The zero-order valence-electron chi connectivity index (χ0n) is 11.2. The predicted octanol–water partition coefficient (Wildman–Crippen LogP) is 2.68. The van der Waals surface area contributed by atoms with Crippen LogP contribution in [0.25, 0.3) is 0 Å². The Hall–Kier alpha value is -0.870. The maximum absolute atomic E-state index is 12.6. The van der Waals surface area contributed by atoms with E-state index in [1.165, 1.54) is 12.8 Å². The van der Waals surface area contributed by atoms with Gasteiger partial charge in [0.15, 0.2) is 0 Å². The molecule has 4 heteroatoms. The normalized spacial score (nSPS) is 20.6. The molecule has 3 nitrogen and oxygen atoms in total. The van der Waals surface area contributed by atoms with Crippen molar-refractivity contribution in [1.82, 2.24) is 9.80 Å². The van der Waals surface area contributed by atoms with Crippen LogP contribution in [0.5, 0.6) is 0 Å². The molecule has 0 aromatic heterocycles. The van der Waals surface area contributed by atoms with Gasteiger partial charge in [0.2, 0.25) is 0 Å². The van der Waals surface area contributed by atoms with Gasteiger partial charge in [0, 0.05) is 42.3 Å². The second-order valence-corrected chi connectivity index (χ2v) is 6.43. The number of amides is 1. The van der Waals surface area contributed by atoms with Crippen molar-refractivity contribution >= 4 is 21.8 Å². The third kappa shape index (κ3) is 2.84. The SMILES string of the molecule is Cc1ccc(Br)cc1C(=O)N1CCN(C2CC2)CC1. The molecule has 3 rings (SSSR count). The number of nitrogens with zero attached hydrogens (tertiary/aromatic N) is 2. The Morgan fingerprint density at radius 2 is 1.89 bits per heavy atom. The van der Waals surface area contributed by atoms with Crippen LogP contribution in [-0.2, 0) is 0 Å². The Morgan fingerprint density at radius 3 is 2.53 bits per heavy atom. The highest BCUT2D eigenvalue weighted by Crippen LogP contribution is 2.28. The molecule has 0 N–H and O–H groups in total. The summed E-state index contributed by atoms with van der Waals surface area (Å²) in [6, 6.07) is 6.73. The average Bonchev–Trinajstić information content (AvgIpc) is 3.25. The summed E-state index contributed by atoms with van der Waals surface area (Å²) in [5.41, 5.74) is 1.88. The molecule has 0 radical (unpaired) electrons. The summed E-state index contributed by atoms with van der Waals surface area (Å²) >= 11 is 3.45. The van der Waals surface area contributed by atoms with Crippen molar-refractivity contribution in [3.05, 3.63) is 33.8 Å². The lowest BCUT2D eigenvalue weighted by Gasteiger charge is -2.35. The number of aryl methyl sites for hydroxylation is 1. The molecule has 0 bridgehead atoms. The third-order valence-corrected chi connectivity index (χ3v) is 4.59. The Labute approximate surface area is 122 Å². The minimum Gasteiger partial charge on any atom is -0.336 e. The van der Waals surface area contributed by atoms with Gasteiger partial charge in [0.05, 0.1) is 0 Å². The van der Waals surface area contributed by atoms with Crippen LogP contribution in [0.4, 0.5) is 0 Å². The van der Waals surface area contributed by atoms with E-state index in [0.29, 0.717) is 0 Å². The van der Waals surface area contributed by atoms with Crippen LogP contribution in [-0.4, -0.2) is 47.9 Å². The summed E-state index contributed by atoms with van der Waals surface area (Å²) in [6.07, 6.45) is 2.69. The molecule has 0 spiro atoms. The van der Waals surface area contributed by atoms with Crippen molar-refractivity contribution in [2.75, 3.05) is 26.2 Å². The quantitative estimate of drug-likeness (QED) is 0.835. The molecule has 2 fully saturated rings. The molecule has 0 unspecified atom stereocenters. The zero-order chi connectivity index (χ0) is 13.4. The Bertz CT molecular complexity index is 491. The highest BCUT2D eigenvalue weighted by atomic mass is 79.9. The van der Waals surface area contributed by atoms with Gasteiger partial charge >= 0.3 is 0 Å². The van der Waals surface area contributed by atoms with Gasteiger partial charge in [-0.25, -0.2) is 0 Å². The topological polar surface area (TPSA) is 23.6 Å². The zero-order valence-corrected chi connectivity index (χ0v) is 12.8. The molecule has 1 aromatic carbocycles. The number of halogens is 1. The van der Waals surface area contributed by atoms with E-state index in [4.69, 9.17) is 0 Å². The van der Waals surface area contributed by atoms with Crippen molar-refractivity contribution in [3.63, 3.8) is 0 Å². The summed E-state index contributed by atoms with van der Waals surface area (Å²) in [5, 5.41) is 0.